The number of benzene rings is 1. The highest BCUT2D eigenvalue weighted by Gasteiger charge is 2.30. The molecule has 2 aliphatic rings. The minimum atomic E-state index is -3.56. The van der Waals surface area contributed by atoms with Crippen molar-refractivity contribution in [1.82, 2.24) is 9.62 Å². The minimum Gasteiger partial charge on any atom is -0.368 e. The first-order valence-corrected chi connectivity index (χ1v) is 11.4. The van der Waals surface area contributed by atoms with Crippen LogP contribution < -0.4 is 4.72 Å². The molecule has 1 N–H and O–H groups in total. The zero-order valence-electron chi connectivity index (χ0n) is 14.9. The molecule has 0 spiro atoms. The Morgan fingerprint density at radius 3 is 2.93 bits per heavy atom. The maximum atomic E-state index is 12.6. The van der Waals surface area contributed by atoms with Crippen molar-refractivity contribution in [1.29, 1.82) is 0 Å². The molecule has 1 atom stereocenters. The summed E-state index contributed by atoms with van der Waals surface area (Å²) in [6.45, 7) is 2.05. The molecule has 8 heteroatoms. The van der Waals surface area contributed by atoms with Gasteiger partial charge >= 0.3 is 0 Å². The molecule has 1 fully saturated rings. The molecule has 0 aliphatic carbocycles. The summed E-state index contributed by atoms with van der Waals surface area (Å²) in [6.07, 6.45) is 2.06. The van der Waals surface area contributed by atoms with Crippen LogP contribution in [0.2, 0.25) is 0 Å². The second kappa shape index (κ2) is 7.71. The fourth-order valence-corrected chi connectivity index (χ4v) is 5.32. The third kappa shape index (κ3) is 4.08. The van der Waals surface area contributed by atoms with Crippen molar-refractivity contribution in [2.45, 2.75) is 43.4 Å². The Hall–Kier alpha value is -1.74. The number of hydrogen-bond donors (Lipinski definition) is 1. The molecule has 1 amide bonds. The second-order valence-electron chi connectivity index (χ2n) is 6.85. The topological polar surface area (TPSA) is 75.7 Å². The Morgan fingerprint density at radius 1 is 1.30 bits per heavy atom. The summed E-state index contributed by atoms with van der Waals surface area (Å²) in [4.78, 5) is 15.6. The smallest absolute Gasteiger partial charge is 0.252 e. The predicted octanol–water partition coefficient (Wildman–Crippen LogP) is 2.29. The van der Waals surface area contributed by atoms with E-state index in [-0.39, 0.29) is 16.9 Å². The molecule has 4 rings (SSSR count). The Bertz CT molecular complexity index is 919. The fourth-order valence-electron chi connectivity index (χ4n) is 3.52. The summed E-state index contributed by atoms with van der Waals surface area (Å²) >= 11 is 1.52. The highest BCUT2D eigenvalue weighted by Crippen LogP contribution is 2.25. The van der Waals surface area contributed by atoms with Crippen LogP contribution in [0.25, 0.3) is 0 Å². The number of nitrogens with zero attached hydrogens (tertiary/aromatic N) is 1. The van der Waals surface area contributed by atoms with Crippen LogP contribution in [0.15, 0.2) is 40.6 Å². The first-order chi connectivity index (χ1) is 13.0. The molecule has 144 valence electrons. The average Bonchev–Trinajstić information content (AvgIpc) is 3.39. The number of ether oxygens (including phenoxy) is 1. The molecule has 1 saturated heterocycles. The second-order valence-corrected chi connectivity index (χ2v) is 9.65. The van der Waals surface area contributed by atoms with E-state index in [1.165, 1.54) is 11.3 Å². The number of carbonyl (C=O) groups is 1. The van der Waals surface area contributed by atoms with Crippen LogP contribution in [0.4, 0.5) is 0 Å². The SMILES string of the molecule is O=C([C@H]1CCCO1)N1CCc2cc(S(=O)(=O)NCc3cccs3)ccc2C1. The van der Waals surface area contributed by atoms with Crippen molar-refractivity contribution < 1.29 is 17.9 Å². The molecule has 0 radical (unpaired) electrons. The highest BCUT2D eigenvalue weighted by molar-refractivity contribution is 7.89. The van der Waals surface area contributed by atoms with E-state index in [9.17, 15) is 13.2 Å². The van der Waals surface area contributed by atoms with Crippen molar-refractivity contribution in [3.05, 3.63) is 51.7 Å². The van der Waals surface area contributed by atoms with Gasteiger partial charge in [0.05, 0.1) is 4.90 Å². The lowest BCUT2D eigenvalue weighted by molar-refractivity contribution is -0.141. The summed E-state index contributed by atoms with van der Waals surface area (Å²) in [5.74, 6) is 0.0486. The van der Waals surface area contributed by atoms with E-state index in [0.717, 1.165) is 28.8 Å². The van der Waals surface area contributed by atoms with Crippen LogP contribution in [0, 0.1) is 0 Å². The van der Waals surface area contributed by atoms with E-state index in [2.05, 4.69) is 4.72 Å². The van der Waals surface area contributed by atoms with E-state index < -0.39 is 10.0 Å². The van der Waals surface area contributed by atoms with Crippen molar-refractivity contribution >= 4 is 27.3 Å². The van der Waals surface area contributed by atoms with Crippen LogP contribution in [0.5, 0.6) is 0 Å². The van der Waals surface area contributed by atoms with Gasteiger partial charge in [-0.2, -0.15) is 0 Å². The van der Waals surface area contributed by atoms with E-state index in [0.29, 0.717) is 32.7 Å². The van der Waals surface area contributed by atoms with Gasteiger partial charge in [-0.3, -0.25) is 4.79 Å². The normalized spacial score (nSPS) is 19.9. The molecule has 6 nitrogen and oxygen atoms in total. The number of hydrogen-bond acceptors (Lipinski definition) is 5. The van der Waals surface area contributed by atoms with Gasteiger partial charge in [0.15, 0.2) is 0 Å². The number of carbonyl (C=O) groups excluding carboxylic acids is 1. The van der Waals surface area contributed by atoms with Gasteiger partial charge < -0.3 is 9.64 Å². The Kier molecular flexibility index (Phi) is 5.32. The molecule has 27 heavy (non-hydrogen) atoms. The van der Waals surface area contributed by atoms with Crippen molar-refractivity contribution in [3.63, 3.8) is 0 Å². The van der Waals surface area contributed by atoms with Crippen molar-refractivity contribution in [2.75, 3.05) is 13.2 Å². The number of rotatable bonds is 5. The molecule has 1 aromatic heterocycles. The van der Waals surface area contributed by atoms with Gasteiger partial charge in [-0.1, -0.05) is 12.1 Å². The van der Waals surface area contributed by atoms with Gasteiger partial charge in [0.25, 0.3) is 5.91 Å². The predicted molar refractivity (Wildman–Crippen MR) is 103 cm³/mol. The fraction of sp³-hybridized carbons (Fsp3) is 0.421. The van der Waals surface area contributed by atoms with E-state index >= 15 is 0 Å². The van der Waals surface area contributed by atoms with Crippen LogP contribution in [-0.2, 0) is 39.1 Å². The minimum absolute atomic E-state index is 0.0486. The molecule has 2 aliphatic heterocycles. The lowest BCUT2D eigenvalue weighted by Crippen LogP contribution is -2.42. The van der Waals surface area contributed by atoms with Crippen molar-refractivity contribution in [2.24, 2.45) is 0 Å². The average molecular weight is 407 g/mol. The molecule has 1 aromatic carbocycles. The van der Waals surface area contributed by atoms with Crippen LogP contribution >= 0.6 is 11.3 Å². The number of amides is 1. The van der Waals surface area contributed by atoms with Crippen LogP contribution in [0.1, 0.15) is 28.8 Å². The first kappa shape index (κ1) is 18.6. The van der Waals surface area contributed by atoms with E-state index in [1.54, 1.807) is 12.1 Å². The largest absolute Gasteiger partial charge is 0.368 e. The maximum absolute atomic E-state index is 12.6. The summed E-state index contributed by atoms with van der Waals surface area (Å²) in [5.41, 5.74) is 2.00. The Labute approximate surface area is 163 Å². The number of thiophene rings is 1. The summed E-state index contributed by atoms with van der Waals surface area (Å²) in [6, 6.07) is 8.98. The lowest BCUT2D eigenvalue weighted by atomic mass is 9.99. The number of fused-ring (bicyclic) bond motifs is 1. The maximum Gasteiger partial charge on any atom is 0.252 e. The summed E-state index contributed by atoms with van der Waals surface area (Å²) in [7, 11) is -3.56. The van der Waals surface area contributed by atoms with Gasteiger partial charge in [0.2, 0.25) is 10.0 Å². The zero-order valence-corrected chi connectivity index (χ0v) is 16.5. The molecule has 0 unspecified atom stereocenters. The van der Waals surface area contributed by atoms with Gasteiger partial charge in [-0.25, -0.2) is 13.1 Å². The molecular formula is C19H22N2O4S2. The first-order valence-electron chi connectivity index (χ1n) is 9.07. The van der Waals surface area contributed by atoms with Gasteiger partial charge in [-0.15, -0.1) is 11.3 Å². The molecule has 0 saturated carbocycles. The van der Waals surface area contributed by atoms with Crippen molar-refractivity contribution in [3.8, 4) is 0 Å². The van der Waals surface area contributed by atoms with E-state index in [4.69, 9.17) is 4.74 Å². The Morgan fingerprint density at radius 2 is 2.19 bits per heavy atom. The monoisotopic (exact) mass is 406 g/mol. The Balaban J connectivity index is 1.45. The third-order valence-corrected chi connectivity index (χ3v) is 7.31. The van der Waals surface area contributed by atoms with Crippen LogP contribution in [-0.4, -0.2) is 38.5 Å². The standard InChI is InChI=1S/C19H22N2O4S2/c22-19(18-4-1-9-25-18)21-8-7-14-11-17(6-5-15(14)13-21)27(23,24)20-12-16-3-2-10-26-16/h2-3,5-6,10-11,18,20H,1,4,7-9,12-13H2/t18-/m1/s1. The van der Waals surface area contributed by atoms with Gasteiger partial charge in [0, 0.05) is 31.1 Å². The lowest BCUT2D eigenvalue weighted by Gasteiger charge is -2.30. The molecule has 3 heterocycles. The van der Waals surface area contributed by atoms with E-state index in [1.807, 2.05) is 28.5 Å². The quantitative estimate of drug-likeness (QED) is 0.827. The number of nitrogens with one attached hydrogen (secondary N) is 1. The molecule has 0 bridgehead atoms. The van der Waals surface area contributed by atoms with Gasteiger partial charge in [0.1, 0.15) is 6.10 Å². The summed E-state index contributed by atoms with van der Waals surface area (Å²) < 4.78 is 33.3. The van der Waals surface area contributed by atoms with Crippen LogP contribution in [0.3, 0.4) is 0 Å². The highest BCUT2D eigenvalue weighted by atomic mass is 32.2. The van der Waals surface area contributed by atoms with Gasteiger partial charge in [-0.05, 0) is 54.0 Å². The summed E-state index contributed by atoms with van der Waals surface area (Å²) in [5, 5.41) is 1.92. The molecular weight excluding hydrogens is 384 g/mol. The third-order valence-electron chi connectivity index (χ3n) is 5.03. The molecule has 2 aromatic rings. The zero-order chi connectivity index (χ0) is 18.9. The number of sulfonamides is 1.